The number of morpholine rings is 1. The van der Waals surface area contributed by atoms with Gasteiger partial charge < -0.3 is 19.7 Å². The minimum absolute atomic E-state index is 0.00879. The molecule has 2 saturated heterocycles. The van der Waals surface area contributed by atoms with Gasteiger partial charge in [0.25, 0.3) is 5.91 Å². The van der Waals surface area contributed by atoms with Gasteiger partial charge in [-0.2, -0.15) is 0 Å². The van der Waals surface area contributed by atoms with Gasteiger partial charge in [0.05, 0.1) is 19.3 Å². The Morgan fingerprint density at radius 1 is 1.45 bits per heavy atom. The SMILES string of the molecule is COc1cccc(N2CC(C)(C3CCCNC3)OCC2=O)c1. The summed E-state index contributed by atoms with van der Waals surface area (Å²) in [5.41, 5.74) is 0.576. The van der Waals surface area contributed by atoms with E-state index < -0.39 is 0 Å². The monoisotopic (exact) mass is 304 g/mol. The van der Waals surface area contributed by atoms with Gasteiger partial charge >= 0.3 is 0 Å². The quantitative estimate of drug-likeness (QED) is 0.925. The standard InChI is InChI=1S/C17H24N2O3/c1-17(13-5-4-8-18-10-13)12-19(16(20)11-22-17)14-6-3-7-15(9-14)21-2/h3,6-7,9,13,18H,4-5,8,10-12H2,1-2H3. The number of hydrogen-bond acceptors (Lipinski definition) is 4. The maximum atomic E-state index is 12.3. The van der Waals surface area contributed by atoms with Crippen molar-refractivity contribution in [2.24, 2.45) is 5.92 Å². The predicted octanol–water partition coefficient (Wildman–Crippen LogP) is 1.82. The number of nitrogens with zero attached hydrogens (tertiary/aromatic N) is 1. The molecule has 2 atom stereocenters. The second-order valence-electron chi connectivity index (χ2n) is 6.33. The molecule has 2 aliphatic rings. The van der Waals surface area contributed by atoms with Crippen molar-refractivity contribution in [1.82, 2.24) is 5.32 Å². The fraction of sp³-hybridized carbons (Fsp3) is 0.588. The highest BCUT2D eigenvalue weighted by molar-refractivity contribution is 5.95. The lowest BCUT2D eigenvalue weighted by Gasteiger charge is -2.46. The Kier molecular flexibility index (Phi) is 4.36. The lowest BCUT2D eigenvalue weighted by molar-refractivity contribution is -0.144. The molecule has 0 radical (unpaired) electrons. The van der Waals surface area contributed by atoms with Crippen molar-refractivity contribution < 1.29 is 14.3 Å². The van der Waals surface area contributed by atoms with Crippen LogP contribution in [0.15, 0.2) is 24.3 Å². The molecule has 0 bridgehead atoms. The highest BCUT2D eigenvalue weighted by atomic mass is 16.5. The molecule has 0 aromatic heterocycles. The zero-order valence-electron chi connectivity index (χ0n) is 13.3. The highest BCUT2D eigenvalue weighted by Gasteiger charge is 2.42. The summed E-state index contributed by atoms with van der Waals surface area (Å²) in [6.45, 7) is 4.89. The van der Waals surface area contributed by atoms with Crippen molar-refractivity contribution in [3.8, 4) is 5.75 Å². The van der Waals surface area contributed by atoms with Gasteiger partial charge in [-0.25, -0.2) is 0 Å². The minimum Gasteiger partial charge on any atom is -0.497 e. The first-order chi connectivity index (χ1) is 10.6. The van der Waals surface area contributed by atoms with Gasteiger partial charge in [0.2, 0.25) is 0 Å². The Morgan fingerprint density at radius 3 is 3.05 bits per heavy atom. The minimum atomic E-state index is -0.301. The zero-order valence-corrected chi connectivity index (χ0v) is 13.3. The average molecular weight is 304 g/mol. The van der Waals surface area contributed by atoms with Gasteiger partial charge in [-0.15, -0.1) is 0 Å². The van der Waals surface area contributed by atoms with Gasteiger partial charge in [-0.1, -0.05) is 6.07 Å². The van der Waals surface area contributed by atoms with Gasteiger partial charge in [-0.05, 0) is 38.4 Å². The molecule has 2 heterocycles. The normalized spacial score (nSPS) is 29.5. The second kappa shape index (κ2) is 6.26. The molecule has 1 N–H and O–H groups in total. The van der Waals surface area contributed by atoms with Crippen molar-refractivity contribution in [3.63, 3.8) is 0 Å². The van der Waals surface area contributed by atoms with Gasteiger partial charge in [0.15, 0.2) is 0 Å². The van der Waals surface area contributed by atoms with Crippen LogP contribution in [0.4, 0.5) is 5.69 Å². The molecule has 0 aliphatic carbocycles. The highest BCUT2D eigenvalue weighted by Crippen LogP contribution is 2.34. The van der Waals surface area contributed by atoms with Crippen LogP contribution in [0.25, 0.3) is 0 Å². The third kappa shape index (κ3) is 2.96. The lowest BCUT2D eigenvalue weighted by Crippen LogP contribution is -2.59. The Morgan fingerprint density at radius 2 is 2.32 bits per heavy atom. The van der Waals surface area contributed by atoms with E-state index in [1.165, 1.54) is 0 Å². The molecule has 1 aromatic carbocycles. The van der Waals surface area contributed by atoms with Crippen molar-refractivity contribution in [3.05, 3.63) is 24.3 Å². The van der Waals surface area contributed by atoms with E-state index in [9.17, 15) is 4.79 Å². The largest absolute Gasteiger partial charge is 0.497 e. The molecule has 22 heavy (non-hydrogen) atoms. The van der Waals surface area contributed by atoms with Crippen LogP contribution >= 0.6 is 0 Å². The number of hydrogen-bond donors (Lipinski definition) is 1. The first-order valence-corrected chi connectivity index (χ1v) is 7.91. The zero-order chi connectivity index (χ0) is 15.6. The fourth-order valence-corrected chi connectivity index (χ4v) is 3.39. The van der Waals surface area contributed by atoms with E-state index in [2.05, 4.69) is 12.2 Å². The molecule has 2 aliphatic heterocycles. The molecule has 3 rings (SSSR count). The van der Waals surface area contributed by atoms with E-state index in [-0.39, 0.29) is 18.1 Å². The molecule has 5 heteroatoms. The molecule has 0 saturated carbocycles. The summed E-state index contributed by atoms with van der Waals surface area (Å²) in [5, 5.41) is 3.44. The summed E-state index contributed by atoms with van der Waals surface area (Å²) in [4.78, 5) is 14.1. The van der Waals surface area contributed by atoms with E-state index in [1.54, 1.807) is 7.11 Å². The first kappa shape index (κ1) is 15.3. The number of amides is 1. The molecular weight excluding hydrogens is 280 g/mol. The number of rotatable bonds is 3. The van der Waals surface area contributed by atoms with Crippen LogP contribution in [0, 0.1) is 5.92 Å². The number of benzene rings is 1. The Bertz CT molecular complexity index is 542. The number of nitrogens with one attached hydrogen (secondary N) is 1. The molecule has 1 aromatic rings. The molecule has 5 nitrogen and oxygen atoms in total. The topological polar surface area (TPSA) is 50.8 Å². The molecule has 0 spiro atoms. The van der Waals surface area contributed by atoms with E-state index in [4.69, 9.17) is 9.47 Å². The second-order valence-corrected chi connectivity index (χ2v) is 6.33. The molecule has 120 valence electrons. The van der Waals surface area contributed by atoms with Crippen LogP contribution in [0.5, 0.6) is 5.75 Å². The summed E-state index contributed by atoms with van der Waals surface area (Å²) >= 11 is 0. The van der Waals surface area contributed by atoms with Crippen LogP contribution in [0.3, 0.4) is 0 Å². The van der Waals surface area contributed by atoms with E-state index in [1.807, 2.05) is 29.2 Å². The number of carbonyl (C=O) groups excluding carboxylic acids is 1. The number of piperidine rings is 1. The maximum Gasteiger partial charge on any atom is 0.253 e. The van der Waals surface area contributed by atoms with E-state index in [0.717, 1.165) is 37.4 Å². The van der Waals surface area contributed by atoms with Crippen molar-refractivity contribution in [2.75, 3.05) is 38.3 Å². The van der Waals surface area contributed by atoms with Crippen molar-refractivity contribution in [2.45, 2.75) is 25.4 Å². The summed E-state index contributed by atoms with van der Waals surface area (Å²) in [7, 11) is 1.64. The number of methoxy groups -OCH3 is 1. The molecular formula is C17H24N2O3. The van der Waals surface area contributed by atoms with Gasteiger partial charge in [0, 0.05) is 24.2 Å². The number of anilines is 1. The summed E-state index contributed by atoms with van der Waals surface area (Å²) in [6.07, 6.45) is 2.31. The Labute approximate surface area is 131 Å². The van der Waals surface area contributed by atoms with E-state index in [0.29, 0.717) is 12.5 Å². The molecule has 1 amide bonds. The predicted molar refractivity (Wildman–Crippen MR) is 85.3 cm³/mol. The van der Waals surface area contributed by atoms with E-state index >= 15 is 0 Å². The van der Waals surface area contributed by atoms with Crippen LogP contribution in [0.1, 0.15) is 19.8 Å². The molecule has 2 fully saturated rings. The Hall–Kier alpha value is -1.59. The average Bonchev–Trinajstić information content (AvgIpc) is 2.58. The van der Waals surface area contributed by atoms with Crippen LogP contribution in [-0.2, 0) is 9.53 Å². The lowest BCUT2D eigenvalue weighted by atomic mass is 9.82. The van der Waals surface area contributed by atoms with Crippen LogP contribution in [-0.4, -0.2) is 44.9 Å². The first-order valence-electron chi connectivity index (χ1n) is 7.91. The number of carbonyl (C=O) groups is 1. The van der Waals surface area contributed by atoms with Crippen LogP contribution in [0.2, 0.25) is 0 Å². The smallest absolute Gasteiger partial charge is 0.253 e. The summed E-state index contributed by atoms with van der Waals surface area (Å²) < 4.78 is 11.2. The van der Waals surface area contributed by atoms with Crippen molar-refractivity contribution >= 4 is 11.6 Å². The number of ether oxygens (including phenoxy) is 2. The van der Waals surface area contributed by atoms with Gasteiger partial charge in [0.1, 0.15) is 12.4 Å². The third-order valence-corrected chi connectivity index (χ3v) is 4.82. The fourth-order valence-electron chi connectivity index (χ4n) is 3.39. The summed E-state index contributed by atoms with van der Waals surface area (Å²) in [6, 6.07) is 7.66. The van der Waals surface area contributed by atoms with Crippen molar-refractivity contribution in [1.29, 1.82) is 0 Å². The van der Waals surface area contributed by atoms with Crippen LogP contribution < -0.4 is 15.0 Å². The molecule has 2 unspecified atom stereocenters. The summed E-state index contributed by atoms with van der Waals surface area (Å²) in [5.74, 6) is 1.20. The third-order valence-electron chi connectivity index (χ3n) is 4.82. The van der Waals surface area contributed by atoms with Gasteiger partial charge in [-0.3, -0.25) is 4.79 Å². The Balaban J connectivity index is 1.82. The maximum absolute atomic E-state index is 12.3.